The molecule has 1 heterocycles. The topological polar surface area (TPSA) is 71.1 Å². The third-order valence-corrected chi connectivity index (χ3v) is 4.50. The lowest BCUT2D eigenvalue weighted by Crippen LogP contribution is -2.35. The van der Waals surface area contributed by atoms with E-state index in [1.165, 1.54) is 7.11 Å². The smallest absolute Gasteiger partial charge is 0.264 e. The number of hydrogen-bond acceptors (Lipinski definition) is 6. The van der Waals surface area contributed by atoms with Crippen LogP contribution in [0.2, 0.25) is 0 Å². The van der Waals surface area contributed by atoms with Gasteiger partial charge in [-0.05, 0) is 12.5 Å². The van der Waals surface area contributed by atoms with Crippen molar-refractivity contribution >= 4 is 10.1 Å². The predicted octanol–water partition coefficient (Wildman–Crippen LogP) is 1.94. The second-order valence-corrected chi connectivity index (χ2v) is 7.43. The van der Waals surface area contributed by atoms with Gasteiger partial charge in [0.15, 0.2) is 6.29 Å². The summed E-state index contributed by atoms with van der Waals surface area (Å²) in [5, 5.41) is 0. The number of benzene rings is 1. The molecule has 130 valence electrons. The minimum absolute atomic E-state index is 0.180. The van der Waals surface area contributed by atoms with E-state index in [0.717, 1.165) is 11.8 Å². The summed E-state index contributed by atoms with van der Waals surface area (Å²) in [4.78, 5) is 0. The Hall–Kier alpha value is -0.990. The molecule has 0 unspecified atom stereocenters. The maximum absolute atomic E-state index is 11.4. The van der Waals surface area contributed by atoms with Crippen molar-refractivity contribution in [3.05, 3.63) is 35.9 Å². The number of ether oxygens (including phenoxy) is 3. The minimum Gasteiger partial charge on any atom is -0.371 e. The van der Waals surface area contributed by atoms with Crippen molar-refractivity contribution in [3.63, 3.8) is 0 Å². The lowest BCUT2D eigenvalue weighted by molar-refractivity contribution is -0.165. The highest BCUT2D eigenvalue weighted by Gasteiger charge is 2.47. The molecule has 1 aromatic rings. The van der Waals surface area contributed by atoms with E-state index in [2.05, 4.69) is 0 Å². The molecule has 1 aliphatic heterocycles. The summed E-state index contributed by atoms with van der Waals surface area (Å²) in [6.45, 7) is 4.24. The average molecular weight is 344 g/mol. The van der Waals surface area contributed by atoms with Crippen LogP contribution < -0.4 is 0 Å². The number of methoxy groups -OCH3 is 1. The summed E-state index contributed by atoms with van der Waals surface area (Å²) < 4.78 is 44.8. The van der Waals surface area contributed by atoms with Crippen LogP contribution in [0.25, 0.3) is 0 Å². The quantitative estimate of drug-likeness (QED) is 0.704. The first-order valence-electron chi connectivity index (χ1n) is 7.54. The molecule has 23 heavy (non-hydrogen) atoms. The molecule has 0 aromatic heterocycles. The lowest BCUT2D eigenvalue weighted by atomic mass is 9.97. The molecule has 0 N–H and O–H groups in total. The SMILES string of the molecule is CO[C@@H]1O[C@@H]([C@@H](C)OCc2ccccc2)[C@H](C)[C@@H]1OS(C)(=O)=O. The van der Waals surface area contributed by atoms with Gasteiger partial charge in [0.05, 0.1) is 25.1 Å². The molecule has 0 bridgehead atoms. The fourth-order valence-corrected chi connectivity index (χ4v) is 3.42. The third-order valence-electron chi connectivity index (χ3n) is 3.93. The zero-order valence-corrected chi connectivity index (χ0v) is 14.7. The summed E-state index contributed by atoms with van der Waals surface area (Å²) in [6, 6.07) is 9.83. The summed E-state index contributed by atoms with van der Waals surface area (Å²) >= 11 is 0. The Labute approximate surface area is 137 Å². The van der Waals surface area contributed by atoms with E-state index in [1.807, 2.05) is 44.2 Å². The molecule has 5 atom stereocenters. The van der Waals surface area contributed by atoms with Crippen LogP contribution in [0.3, 0.4) is 0 Å². The molecule has 0 radical (unpaired) electrons. The molecule has 1 aromatic carbocycles. The molecule has 1 saturated heterocycles. The largest absolute Gasteiger partial charge is 0.371 e. The Morgan fingerprint density at radius 1 is 1.26 bits per heavy atom. The van der Waals surface area contributed by atoms with Crippen molar-refractivity contribution in [2.24, 2.45) is 5.92 Å². The monoisotopic (exact) mass is 344 g/mol. The first-order valence-corrected chi connectivity index (χ1v) is 9.35. The maximum atomic E-state index is 11.4. The fraction of sp³-hybridized carbons (Fsp3) is 0.625. The van der Waals surface area contributed by atoms with Gasteiger partial charge >= 0.3 is 0 Å². The van der Waals surface area contributed by atoms with Crippen LogP contribution >= 0.6 is 0 Å². The Morgan fingerprint density at radius 2 is 1.91 bits per heavy atom. The van der Waals surface area contributed by atoms with Crippen LogP contribution in [0.5, 0.6) is 0 Å². The second-order valence-electron chi connectivity index (χ2n) is 5.83. The Balaban J connectivity index is 1.99. The molecule has 7 heteroatoms. The molecule has 0 spiro atoms. The highest BCUT2D eigenvalue weighted by atomic mass is 32.2. The summed E-state index contributed by atoms with van der Waals surface area (Å²) in [7, 11) is -2.12. The van der Waals surface area contributed by atoms with Gasteiger partial charge in [-0.3, -0.25) is 4.18 Å². The first kappa shape index (κ1) is 18.4. The van der Waals surface area contributed by atoms with Gasteiger partial charge in [-0.25, -0.2) is 0 Å². The molecular formula is C16H24O6S. The molecule has 2 rings (SSSR count). The normalized spacial score (nSPS) is 29.6. The van der Waals surface area contributed by atoms with Crippen LogP contribution in [0.1, 0.15) is 19.4 Å². The van der Waals surface area contributed by atoms with Crippen molar-refractivity contribution in [3.8, 4) is 0 Å². The number of rotatable bonds is 7. The van der Waals surface area contributed by atoms with Crippen molar-refractivity contribution in [1.29, 1.82) is 0 Å². The highest BCUT2D eigenvalue weighted by Crippen LogP contribution is 2.33. The van der Waals surface area contributed by atoms with Crippen molar-refractivity contribution in [2.75, 3.05) is 13.4 Å². The van der Waals surface area contributed by atoms with Crippen LogP contribution in [0.4, 0.5) is 0 Å². The molecule has 1 aliphatic rings. The lowest BCUT2D eigenvalue weighted by Gasteiger charge is -2.23. The first-order chi connectivity index (χ1) is 10.8. The van der Waals surface area contributed by atoms with Crippen molar-refractivity contribution in [2.45, 2.75) is 45.1 Å². The Kier molecular flexibility index (Phi) is 6.16. The Morgan fingerprint density at radius 3 is 2.48 bits per heavy atom. The van der Waals surface area contributed by atoms with E-state index in [1.54, 1.807) is 0 Å². The minimum atomic E-state index is -3.59. The van der Waals surface area contributed by atoms with E-state index in [4.69, 9.17) is 18.4 Å². The molecule has 0 aliphatic carbocycles. The molecule has 1 fully saturated rings. The fourth-order valence-electron chi connectivity index (χ4n) is 2.75. The zero-order valence-electron chi connectivity index (χ0n) is 13.8. The summed E-state index contributed by atoms with van der Waals surface area (Å²) in [5.41, 5.74) is 1.07. The van der Waals surface area contributed by atoms with Crippen LogP contribution in [-0.2, 0) is 35.1 Å². The van der Waals surface area contributed by atoms with Crippen molar-refractivity contribution < 1.29 is 26.8 Å². The van der Waals surface area contributed by atoms with Gasteiger partial charge in [-0.15, -0.1) is 0 Å². The molecular weight excluding hydrogens is 320 g/mol. The van der Waals surface area contributed by atoms with Gasteiger partial charge in [-0.2, -0.15) is 8.42 Å². The van der Waals surface area contributed by atoms with Gasteiger partial charge in [-0.1, -0.05) is 37.3 Å². The van der Waals surface area contributed by atoms with Crippen LogP contribution in [-0.4, -0.2) is 46.4 Å². The van der Waals surface area contributed by atoms with Gasteiger partial charge in [0.1, 0.15) is 6.10 Å². The standard InChI is InChI=1S/C16H24O6S/c1-11-14(12(2)20-10-13-8-6-5-7-9-13)21-16(19-3)15(11)22-23(4,17)18/h5-9,11-12,14-16H,10H2,1-4H3/t11-,12+,14+,15-,16+/m0/s1. The number of hydrogen-bond donors (Lipinski definition) is 0. The molecule has 0 saturated carbocycles. The van der Waals surface area contributed by atoms with E-state index in [-0.39, 0.29) is 18.1 Å². The van der Waals surface area contributed by atoms with Crippen LogP contribution in [0, 0.1) is 5.92 Å². The highest BCUT2D eigenvalue weighted by molar-refractivity contribution is 7.86. The van der Waals surface area contributed by atoms with E-state index in [0.29, 0.717) is 6.61 Å². The third kappa shape index (κ3) is 4.99. The van der Waals surface area contributed by atoms with E-state index >= 15 is 0 Å². The second kappa shape index (κ2) is 7.72. The average Bonchev–Trinajstić information content (AvgIpc) is 2.81. The molecule has 0 amide bonds. The van der Waals surface area contributed by atoms with Gasteiger partial charge in [0.2, 0.25) is 0 Å². The van der Waals surface area contributed by atoms with E-state index in [9.17, 15) is 8.42 Å². The van der Waals surface area contributed by atoms with Gasteiger partial charge < -0.3 is 14.2 Å². The maximum Gasteiger partial charge on any atom is 0.264 e. The molecule has 6 nitrogen and oxygen atoms in total. The van der Waals surface area contributed by atoms with Crippen molar-refractivity contribution in [1.82, 2.24) is 0 Å². The zero-order chi connectivity index (χ0) is 17.0. The van der Waals surface area contributed by atoms with Gasteiger partial charge in [0, 0.05) is 13.0 Å². The van der Waals surface area contributed by atoms with E-state index < -0.39 is 22.5 Å². The van der Waals surface area contributed by atoms with Gasteiger partial charge in [0.25, 0.3) is 10.1 Å². The Bertz CT molecular complexity index is 588. The predicted molar refractivity (Wildman–Crippen MR) is 85.2 cm³/mol. The summed E-state index contributed by atoms with van der Waals surface area (Å²) in [6.07, 6.45) is -0.920. The summed E-state index contributed by atoms with van der Waals surface area (Å²) in [5.74, 6) is -0.180. The van der Waals surface area contributed by atoms with Crippen LogP contribution in [0.15, 0.2) is 30.3 Å².